The lowest BCUT2D eigenvalue weighted by molar-refractivity contribution is 0.0952. The van der Waals surface area contributed by atoms with Crippen molar-refractivity contribution >= 4 is 16.8 Å². The van der Waals surface area contributed by atoms with Crippen molar-refractivity contribution in [3.05, 3.63) is 59.8 Å². The van der Waals surface area contributed by atoms with Gasteiger partial charge in [0.2, 0.25) is 0 Å². The second-order valence-corrected chi connectivity index (χ2v) is 5.60. The van der Waals surface area contributed by atoms with E-state index in [1.807, 2.05) is 30.3 Å². The fourth-order valence-corrected chi connectivity index (χ4v) is 2.72. The van der Waals surface area contributed by atoms with Gasteiger partial charge in [-0.3, -0.25) is 9.78 Å². The molecule has 3 rings (SSSR count). The second-order valence-electron chi connectivity index (χ2n) is 5.60. The number of fused-ring (bicyclic) bond motifs is 1. The van der Waals surface area contributed by atoms with Gasteiger partial charge in [-0.2, -0.15) is 0 Å². The van der Waals surface area contributed by atoms with Gasteiger partial charge < -0.3 is 19.5 Å². The van der Waals surface area contributed by atoms with Gasteiger partial charge in [-0.1, -0.05) is 0 Å². The summed E-state index contributed by atoms with van der Waals surface area (Å²) in [7, 11) is 4.77. The summed E-state index contributed by atoms with van der Waals surface area (Å²) in [5.74, 6) is 1.84. The molecule has 0 unspecified atom stereocenters. The molecule has 6 heteroatoms. The van der Waals surface area contributed by atoms with Gasteiger partial charge >= 0.3 is 0 Å². The van der Waals surface area contributed by atoms with Gasteiger partial charge in [-0.25, -0.2) is 0 Å². The van der Waals surface area contributed by atoms with E-state index < -0.39 is 0 Å². The molecule has 6 nitrogen and oxygen atoms in total. The molecule has 1 amide bonds. The molecule has 0 saturated carbocycles. The smallest absolute Gasteiger partial charge is 0.252 e. The largest absolute Gasteiger partial charge is 0.497 e. The minimum Gasteiger partial charge on any atom is -0.497 e. The van der Waals surface area contributed by atoms with Crippen molar-refractivity contribution in [3.8, 4) is 17.2 Å². The Morgan fingerprint density at radius 3 is 2.42 bits per heavy atom. The Balaban J connectivity index is 1.84. The van der Waals surface area contributed by atoms with Crippen LogP contribution in [0.1, 0.15) is 15.9 Å². The van der Waals surface area contributed by atoms with Crippen molar-refractivity contribution in [1.29, 1.82) is 0 Å². The van der Waals surface area contributed by atoms with Gasteiger partial charge in [-0.15, -0.1) is 0 Å². The number of pyridine rings is 1. The van der Waals surface area contributed by atoms with Gasteiger partial charge in [0, 0.05) is 29.8 Å². The first-order valence-corrected chi connectivity index (χ1v) is 8.08. The Morgan fingerprint density at radius 2 is 1.69 bits per heavy atom. The molecule has 134 valence electrons. The molecule has 0 atom stereocenters. The molecule has 0 radical (unpaired) electrons. The molecule has 0 bridgehead atoms. The van der Waals surface area contributed by atoms with Gasteiger partial charge in [0.1, 0.15) is 17.2 Å². The third kappa shape index (κ3) is 3.54. The molecule has 0 fully saturated rings. The minimum absolute atomic E-state index is 0.191. The highest BCUT2D eigenvalue weighted by atomic mass is 16.5. The summed E-state index contributed by atoms with van der Waals surface area (Å²) < 4.78 is 15.8. The van der Waals surface area contributed by atoms with Crippen LogP contribution >= 0.6 is 0 Å². The number of aromatic nitrogens is 1. The number of nitrogens with zero attached hydrogens (tertiary/aromatic N) is 1. The number of carbonyl (C=O) groups excluding carboxylic acids is 1. The molecular formula is C20H20N2O4. The fraction of sp³-hybridized carbons (Fsp3) is 0.200. The number of benzene rings is 2. The highest BCUT2D eigenvalue weighted by Crippen LogP contribution is 2.25. The van der Waals surface area contributed by atoms with E-state index in [4.69, 9.17) is 14.2 Å². The van der Waals surface area contributed by atoms with Crippen molar-refractivity contribution in [3.63, 3.8) is 0 Å². The summed E-state index contributed by atoms with van der Waals surface area (Å²) in [5.41, 5.74) is 2.14. The normalized spacial score (nSPS) is 10.4. The molecule has 2 aromatic carbocycles. The average Bonchev–Trinajstić information content (AvgIpc) is 2.70. The second kappa shape index (κ2) is 7.74. The van der Waals surface area contributed by atoms with Crippen LogP contribution < -0.4 is 19.5 Å². The van der Waals surface area contributed by atoms with E-state index in [0.717, 1.165) is 16.5 Å². The maximum Gasteiger partial charge on any atom is 0.252 e. The number of ether oxygens (including phenoxy) is 3. The summed E-state index contributed by atoms with van der Waals surface area (Å²) in [5, 5.41) is 3.67. The molecule has 0 aliphatic carbocycles. The van der Waals surface area contributed by atoms with Gasteiger partial charge in [0.15, 0.2) is 0 Å². The molecule has 0 aliphatic heterocycles. The molecule has 3 aromatic rings. The average molecular weight is 352 g/mol. The lowest BCUT2D eigenvalue weighted by Gasteiger charge is -2.12. The predicted octanol–water partition coefficient (Wildman–Crippen LogP) is 3.19. The molecule has 1 heterocycles. The number of nitrogens with one attached hydrogen (secondary N) is 1. The van der Waals surface area contributed by atoms with E-state index in [9.17, 15) is 4.79 Å². The van der Waals surface area contributed by atoms with Crippen molar-refractivity contribution in [2.24, 2.45) is 0 Å². The van der Waals surface area contributed by atoms with Crippen LogP contribution in [0.15, 0.2) is 48.7 Å². The standard InChI is InChI=1S/C20H20N2O4/c1-24-14-6-7-18-17(10-14)16(8-9-21-18)20(23)22-12-13-4-5-15(25-2)11-19(13)26-3/h4-11H,12H2,1-3H3,(H,22,23). The maximum absolute atomic E-state index is 12.7. The number of methoxy groups -OCH3 is 3. The summed E-state index contributed by atoms with van der Waals surface area (Å²) in [6.07, 6.45) is 1.62. The predicted molar refractivity (Wildman–Crippen MR) is 99.0 cm³/mol. The Kier molecular flexibility index (Phi) is 5.22. The number of hydrogen-bond acceptors (Lipinski definition) is 5. The summed E-state index contributed by atoms with van der Waals surface area (Å²) in [6, 6.07) is 12.6. The third-order valence-electron chi connectivity index (χ3n) is 4.13. The molecule has 1 N–H and O–H groups in total. The molecule has 0 spiro atoms. The van der Waals surface area contributed by atoms with Crippen LogP contribution in [0.25, 0.3) is 10.9 Å². The van der Waals surface area contributed by atoms with E-state index in [1.165, 1.54) is 0 Å². The van der Waals surface area contributed by atoms with Crippen LogP contribution in [0, 0.1) is 0 Å². The van der Waals surface area contributed by atoms with Crippen molar-refractivity contribution in [1.82, 2.24) is 10.3 Å². The van der Waals surface area contributed by atoms with Crippen molar-refractivity contribution in [2.75, 3.05) is 21.3 Å². The van der Waals surface area contributed by atoms with Crippen LogP contribution in [0.2, 0.25) is 0 Å². The van der Waals surface area contributed by atoms with Gasteiger partial charge in [0.05, 0.1) is 32.4 Å². The topological polar surface area (TPSA) is 69.7 Å². The van der Waals surface area contributed by atoms with Crippen LogP contribution in [-0.4, -0.2) is 32.2 Å². The van der Waals surface area contributed by atoms with Crippen molar-refractivity contribution < 1.29 is 19.0 Å². The quantitative estimate of drug-likeness (QED) is 0.738. The van der Waals surface area contributed by atoms with E-state index in [0.29, 0.717) is 29.4 Å². The summed E-state index contributed by atoms with van der Waals surface area (Å²) in [6.45, 7) is 0.333. The Hall–Kier alpha value is -3.28. The van der Waals surface area contributed by atoms with E-state index in [1.54, 1.807) is 39.7 Å². The Morgan fingerprint density at radius 1 is 0.962 bits per heavy atom. The zero-order chi connectivity index (χ0) is 18.5. The molecule has 0 aliphatic rings. The first-order valence-electron chi connectivity index (χ1n) is 8.08. The lowest BCUT2D eigenvalue weighted by Crippen LogP contribution is -2.23. The number of amides is 1. The Labute approximate surface area is 151 Å². The van der Waals surface area contributed by atoms with Crippen LogP contribution in [-0.2, 0) is 6.54 Å². The first kappa shape index (κ1) is 17.5. The molecule has 1 aromatic heterocycles. The molecule has 26 heavy (non-hydrogen) atoms. The zero-order valence-electron chi connectivity index (χ0n) is 14.9. The first-order chi connectivity index (χ1) is 12.7. The fourth-order valence-electron chi connectivity index (χ4n) is 2.72. The van der Waals surface area contributed by atoms with E-state index in [2.05, 4.69) is 10.3 Å². The highest BCUT2D eigenvalue weighted by Gasteiger charge is 2.13. The zero-order valence-corrected chi connectivity index (χ0v) is 14.9. The lowest BCUT2D eigenvalue weighted by atomic mass is 10.1. The minimum atomic E-state index is -0.191. The maximum atomic E-state index is 12.7. The highest BCUT2D eigenvalue weighted by molar-refractivity contribution is 6.06. The molecule has 0 saturated heterocycles. The number of hydrogen-bond donors (Lipinski definition) is 1. The van der Waals surface area contributed by atoms with Gasteiger partial charge in [-0.05, 0) is 36.4 Å². The third-order valence-corrected chi connectivity index (χ3v) is 4.13. The Bertz CT molecular complexity index is 940. The van der Waals surface area contributed by atoms with Gasteiger partial charge in [0.25, 0.3) is 5.91 Å². The number of rotatable bonds is 6. The van der Waals surface area contributed by atoms with E-state index >= 15 is 0 Å². The number of carbonyl (C=O) groups is 1. The van der Waals surface area contributed by atoms with Crippen molar-refractivity contribution in [2.45, 2.75) is 6.54 Å². The summed E-state index contributed by atoms with van der Waals surface area (Å²) >= 11 is 0. The van der Waals surface area contributed by atoms with Crippen LogP contribution in [0.5, 0.6) is 17.2 Å². The monoisotopic (exact) mass is 352 g/mol. The van der Waals surface area contributed by atoms with E-state index in [-0.39, 0.29) is 5.91 Å². The van der Waals surface area contributed by atoms with Crippen LogP contribution in [0.3, 0.4) is 0 Å². The summed E-state index contributed by atoms with van der Waals surface area (Å²) in [4.78, 5) is 17.0. The van der Waals surface area contributed by atoms with Crippen LogP contribution in [0.4, 0.5) is 0 Å². The SMILES string of the molecule is COc1ccc(CNC(=O)c2ccnc3ccc(OC)cc23)c(OC)c1. The molecular weight excluding hydrogens is 332 g/mol.